The molecule has 13 heteroatoms. The van der Waals surface area contributed by atoms with Gasteiger partial charge in [0.15, 0.2) is 5.78 Å². The van der Waals surface area contributed by atoms with Crippen LogP contribution in [0, 0.1) is 26.2 Å². The van der Waals surface area contributed by atoms with E-state index in [4.69, 9.17) is 4.98 Å². The quantitative estimate of drug-likeness (QED) is 0.241. The van der Waals surface area contributed by atoms with Crippen LogP contribution in [0.1, 0.15) is 47.8 Å². The Hall–Kier alpha value is -4.10. The lowest BCUT2D eigenvalue weighted by Gasteiger charge is -2.29. The van der Waals surface area contributed by atoms with Gasteiger partial charge in [0.2, 0.25) is 5.91 Å². The molecule has 216 valence electrons. The lowest BCUT2D eigenvalue weighted by molar-refractivity contribution is -0.141. The number of aliphatic hydroxyl groups is 1. The summed E-state index contributed by atoms with van der Waals surface area (Å²) in [5.74, 6) is -0.199. The number of fused-ring (bicyclic) bond motifs is 2. The van der Waals surface area contributed by atoms with Gasteiger partial charge in [-0.2, -0.15) is 5.10 Å². The first-order valence-corrected chi connectivity index (χ1v) is 14.3. The average molecular weight is 634 g/mol. The summed E-state index contributed by atoms with van der Waals surface area (Å²) in [6, 6.07) is 3.92. The number of pyridine rings is 2. The van der Waals surface area contributed by atoms with Crippen LogP contribution in [0.15, 0.2) is 35.2 Å². The molecule has 0 bridgehead atoms. The number of likely N-dealkylation sites (tertiary alicyclic amines) is 1. The zero-order valence-corrected chi connectivity index (χ0v) is 25.3. The predicted octanol–water partition coefficient (Wildman–Crippen LogP) is 3.16. The van der Waals surface area contributed by atoms with Gasteiger partial charge in [-0.25, -0.2) is 15.0 Å². The highest BCUT2D eigenvalue weighted by atomic mass is 79.9. The van der Waals surface area contributed by atoms with Crippen LogP contribution in [0.3, 0.4) is 0 Å². The number of nitrogens with zero attached hydrogens (tertiary/aromatic N) is 7. The van der Waals surface area contributed by atoms with Gasteiger partial charge in [0.05, 0.1) is 23.0 Å². The Kier molecular flexibility index (Phi) is 6.69. The molecule has 4 aromatic rings. The van der Waals surface area contributed by atoms with E-state index >= 15 is 0 Å². The molecule has 0 aromatic carbocycles. The summed E-state index contributed by atoms with van der Waals surface area (Å²) in [7, 11) is 0. The van der Waals surface area contributed by atoms with Gasteiger partial charge in [-0.15, -0.1) is 0 Å². The standard InChI is InChI=1S/C29H29BrN8O4/c1-13-6-7-21(30)34-27(13)35-28(42)25-26(41)29(5)9-20(29)38(25)22(40)12-37-24-14(2)33-19(17-10-31-16(4)32-11-17)8-18(24)23(36-37)15(3)39/h6-8,10-11,20,25-26,41H,9,12H2,1-5H3,(H,34,35,42)/t20-,25+,26-,29+/m1/s1. The van der Waals surface area contributed by atoms with Gasteiger partial charge in [-0.05, 0) is 60.8 Å². The van der Waals surface area contributed by atoms with E-state index in [0.29, 0.717) is 50.5 Å². The van der Waals surface area contributed by atoms with E-state index < -0.39 is 29.4 Å². The number of amides is 2. The summed E-state index contributed by atoms with van der Waals surface area (Å²) in [4.78, 5) is 59.0. The molecule has 0 radical (unpaired) electrons. The van der Waals surface area contributed by atoms with Gasteiger partial charge < -0.3 is 15.3 Å². The summed E-state index contributed by atoms with van der Waals surface area (Å²) in [5.41, 5.74) is 2.74. The first-order chi connectivity index (χ1) is 19.9. The van der Waals surface area contributed by atoms with Gasteiger partial charge in [-0.3, -0.25) is 24.0 Å². The van der Waals surface area contributed by atoms with Crippen molar-refractivity contribution in [3.8, 4) is 11.3 Å². The number of anilines is 1. The number of hydrogen-bond donors (Lipinski definition) is 2. The zero-order chi connectivity index (χ0) is 30.1. The number of ketones is 1. The molecule has 4 aromatic heterocycles. The number of carbonyl (C=O) groups is 3. The normalized spacial score (nSPS) is 22.7. The lowest BCUT2D eigenvalue weighted by Crippen LogP contribution is -2.51. The maximum Gasteiger partial charge on any atom is 0.251 e. The molecule has 2 N–H and O–H groups in total. The molecule has 2 fully saturated rings. The Morgan fingerprint density at radius 2 is 1.86 bits per heavy atom. The smallest absolute Gasteiger partial charge is 0.251 e. The largest absolute Gasteiger partial charge is 0.390 e. The number of halogens is 1. The van der Waals surface area contributed by atoms with Crippen LogP contribution >= 0.6 is 15.9 Å². The second kappa shape index (κ2) is 10.0. The SMILES string of the molecule is CC(=O)c1nn(CC(=O)N2[C@H](C(=O)Nc3nc(Br)ccc3C)[C@@H](O)[C@@]3(C)C[C@@H]23)c2c(C)nc(-c3cnc(C)nc3)cc12. The van der Waals surface area contributed by atoms with Crippen molar-refractivity contribution >= 4 is 50.2 Å². The molecule has 6 rings (SSSR count). The highest BCUT2D eigenvalue weighted by Gasteiger charge is 2.70. The number of aliphatic hydroxyl groups excluding tert-OH is 1. The van der Waals surface area contributed by atoms with Crippen LogP contribution in [0.4, 0.5) is 5.82 Å². The van der Waals surface area contributed by atoms with Crippen molar-refractivity contribution in [2.45, 2.75) is 65.8 Å². The van der Waals surface area contributed by atoms with Gasteiger partial charge >= 0.3 is 0 Å². The third kappa shape index (κ3) is 4.56. The van der Waals surface area contributed by atoms with E-state index in [-0.39, 0.29) is 24.1 Å². The van der Waals surface area contributed by atoms with Gasteiger partial charge in [0.1, 0.15) is 34.5 Å². The second-order valence-corrected chi connectivity index (χ2v) is 12.1. The fourth-order valence-corrected chi connectivity index (χ4v) is 6.18. The highest BCUT2D eigenvalue weighted by molar-refractivity contribution is 9.10. The van der Waals surface area contributed by atoms with E-state index in [2.05, 4.69) is 41.3 Å². The van der Waals surface area contributed by atoms with E-state index in [1.54, 1.807) is 38.4 Å². The number of Topliss-reactive ketones (excluding diaryl/α,β-unsaturated/α-hetero) is 1. The molecule has 4 atom stereocenters. The molecule has 0 spiro atoms. The Balaban J connectivity index is 1.34. The van der Waals surface area contributed by atoms with Crippen molar-refractivity contribution in [1.29, 1.82) is 0 Å². The fraction of sp³-hybridized carbons (Fsp3) is 0.379. The molecule has 0 unspecified atom stereocenters. The number of aromatic nitrogens is 6. The van der Waals surface area contributed by atoms with Crippen LogP contribution in [0.5, 0.6) is 0 Å². The molecule has 12 nitrogen and oxygen atoms in total. The van der Waals surface area contributed by atoms with Gasteiger partial charge in [-0.1, -0.05) is 13.0 Å². The van der Waals surface area contributed by atoms with Crippen LogP contribution in [0.25, 0.3) is 22.2 Å². The molecule has 1 aliphatic heterocycles. The number of carbonyl (C=O) groups excluding carboxylic acids is 3. The molecule has 1 saturated heterocycles. The third-order valence-electron chi connectivity index (χ3n) is 8.30. The Morgan fingerprint density at radius 1 is 1.14 bits per heavy atom. The summed E-state index contributed by atoms with van der Waals surface area (Å²) in [5, 5.41) is 19.1. The summed E-state index contributed by atoms with van der Waals surface area (Å²) < 4.78 is 2.01. The number of aryl methyl sites for hydroxylation is 3. The zero-order valence-electron chi connectivity index (χ0n) is 23.7. The topological polar surface area (TPSA) is 156 Å². The van der Waals surface area contributed by atoms with Crippen LogP contribution in [0.2, 0.25) is 0 Å². The monoisotopic (exact) mass is 632 g/mol. The lowest BCUT2D eigenvalue weighted by atomic mass is 9.97. The molecule has 42 heavy (non-hydrogen) atoms. The van der Waals surface area contributed by atoms with Crippen molar-refractivity contribution in [1.82, 2.24) is 34.6 Å². The minimum Gasteiger partial charge on any atom is -0.390 e. The summed E-state index contributed by atoms with van der Waals surface area (Å²) in [6.07, 6.45) is 2.86. The first-order valence-electron chi connectivity index (χ1n) is 13.5. The van der Waals surface area contributed by atoms with E-state index in [0.717, 1.165) is 5.56 Å². The Morgan fingerprint density at radius 3 is 2.55 bits per heavy atom. The predicted molar refractivity (Wildman–Crippen MR) is 156 cm³/mol. The molecular weight excluding hydrogens is 604 g/mol. The number of piperidine rings is 1. The third-order valence-corrected chi connectivity index (χ3v) is 8.74. The van der Waals surface area contributed by atoms with Gasteiger partial charge in [0.25, 0.3) is 5.91 Å². The van der Waals surface area contributed by atoms with Crippen LogP contribution in [-0.4, -0.2) is 75.5 Å². The second-order valence-electron chi connectivity index (χ2n) is 11.3. The minimum atomic E-state index is -1.11. The first kappa shape index (κ1) is 28.0. The van der Waals surface area contributed by atoms with Crippen LogP contribution in [-0.2, 0) is 16.1 Å². The maximum absolute atomic E-state index is 13.9. The number of nitrogens with one attached hydrogen (secondary N) is 1. The molecule has 1 saturated carbocycles. The van der Waals surface area contributed by atoms with E-state index in [9.17, 15) is 19.5 Å². The van der Waals surface area contributed by atoms with Crippen molar-refractivity contribution in [3.05, 3.63) is 58.0 Å². The highest BCUT2D eigenvalue weighted by Crippen LogP contribution is 2.59. The summed E-state index contributed by atoms with van der Waals surface area (Å²) >= 11 is 3.32. The molecule has 2 aliphatic rings. The molecule has 1 aliphatic carbocycles. The van der Waals surface area contributed by atoms with Crippen molar-refractivity contribution in [3.63, 3.8) is 0 Å². The number of rotatable bonds is 6. The van der Waals surface area contributed by atoms with Gasteiger partial charge in [0, 0.05) is 41.7 Å². The summed E-state index contributed by atoms with van der Waals surface area (Å²) in [6.45, 7) is 8.44. The average Bonchev–Trinajstić information content (AvgIpc) is 3.39. The molecular formula is C29H29BrN8O4. The Bertz CT molecular complexity index is 1790. The maximum atomic E-state index is 13.9. The van der Waals surface area contributed by atoms with Crippen molar-refractivity contribution in [2.24, 2.45) is 5.41 Å². The molecule has 2 amide bonds. The van der Waals surface area contributed by atoms with Crippen molar-refractivity contribution in [2.75, 3.05) is 5.32 Å². The van der Waals surface area contributed by atoms with E-state index in [1.165, 1.54) is 16.5 Å². The van der Waals surface area contributed by atoms with Crippen molar-refractivity contribution < 1.29 is 19.5 Å². The number of hydrogen-bond acceptors (Lipinski definition) is 9. The van der Waals surface area contributed by atoms with E-state index in [1.807, 2.05) is 19.9 Å². The minimum absolute atomic E-state index is 0.209. The fourth-order valence-electron chi connectivity index (χ4n) is 5.87. The molecule has 5 heterocycles. The Labute approximate surface area is 249 Å². The van der Waals surface area contributed by atoms with Crippen LogP contribution < -0.4 is 5.32 Å².